The molecule has 0 saturated heterocycles. The van der Waals surface area contributed by atoms with Crippen LogP contribution in [0.5, 0.6) is 17.2 Å². The van der Waals surface area contributed by atoms with Crippen LogP contribution in [0.15, 0.2) is 55.4 Å². The summed E-state index contributed by atoms with van der Waals surface area (Å²) in [7, 11) is 9.76. The number of pyridine rings is 3. The minimum atomic E-state index is -0.227. The quantitative estimate of drug-likeness (QED) is 0.408. The molecule has 13 heteroatoms. The van der Waals surface area contributed by atoms with Crippen molar-refractivity contribution >= 4 is 17.7 Å². The fourth-order valence-electron chi connectivity index (χ4n) is 2.42. The standard InChI is InChI=1S/3C8H10N2O2.Fe/c3*1-10(2)8(12)6-3-4-9-5-7(6)11;/h3*3-5,11H,1-2H3;. The normalized spacial score (nSPS) is 9.24. The fourth-order valence-corrected chi connectivity index (χ4v) is 2.42. The van der Waals surface area contributed by atoms with Crippen LogP contribution in [0.25, 0.3) is 0 Å². The van der Waals surface area contributed by atoms with Gasteiger partial charge in [0.1, 0.15) is 17.2 Å². The molecule has 3 aromatic rings. The van der Waals surface area contributed by atoms with Gasteiger partial charge in [0.05, 0.1) is 35.3 Å². The maximum atomic E-state index is 11.3. The van der Waals surface area contributed by atoms with Crippen LogP contribution in [-0.2, 0) is 17.1 Å². The van der Waals surface area contributed by atoms with Gasteiger partial charge in [0.2, 0.25) is 0 Å². The maximum absolute atomic E-state index is 11.3. The molecule has 0 aromatic carbocycles. The SMILES string of the molecule is CN(C)C(=O)c1ccncc1O.CN(C)C(=O)c1ccncc1O.CN(C)C(=O)c1ccncc1O.[Fe]. The molecule has 3 rings (SSSR count). The van der Waals surface area contributed by atoms with Crippen molar-refractivity contribution in [2.75, 3.05) is 42.3 Å². The molecule has 0 spiro atoms. The van der Waals surface area contributed by atoms with E-state index in [1.165, 1.54) is 70.1 Å². The predicted molar refractivity (Wildman–Crippen MR) is 132 cm³/mol. The molecule has 0 fully saturated rings. The van der Waals surface area contributed by atoms with Gasteiger partial charge in [-0.2, -0.15) is 0 Å². The van der Waals surface area contributed by atoms with Crippen molar-refractivity contribution in [3.63, 3.8) is 0 Å². The van der Waals surface area contributed by atoms with E-state index in [1.54, 1.807) is 42.3 Å². The molecular weight excluding hydrogens is 524 g/mol. The van der Waals surface area contributed by atoms with Crippen LogP contribution in [0.3, 0.4) is 0 Å². The minimum absolute atomic E-state index is 0. The minimum Gasteiger partial charge on any atom is -0.505 e. The number of rotatable bonds is 3. The zero-order valence-electron chi connectivity index (χ0n) is 21.3. The van der Waals surface area contributed by atoms with Crippen LogP contribution >= 0.6 is 0 Å². The third-order valence-electron chi connectivity index (χ3n) is 4.31. The summed E-state index contributed by atoms with van der Waals surface area (Å²) >= 11 is 0. The van der Waals surface area contributed by atoms with E-state index in [0.717, 1.165) is 0 Å². The first-order valence-corrected chi connectivity index (χ1v) is 10.4. The zero-order valence-corrected chi connectivity index (χ0v) is 22.4. The Hall–Kier alpha value is -4.22. The molecule has 0 radical (unpaired) electrons. The van der Waals surface area contributed by atoms with Crippen molar-refractivity contribution in [3.05, 3.63) is 72.1 Å². The van der Waals surface area contributed by atoms with Gasteiger partial charge in [0, 0.05) is 77.9 Å². The van der Waals surface area contributed by atoms with E-state index in [0.29, 0.717) is 0 Å². The Kier molecular flexibility index (Phi) is 13.9. The van der Waals surface area contributed by atoms with Crippen molar-refractivity contribution in [1.82, 2.24) is 29.7 Å². The van der Waals surface area contributed by atoms with Crippen molar-refractivity contribution in [3.8, 4) is 17.2 Å². The summed E-state index contributed by atoms with van der Waals surface area (Å²) in [5.41, 5.74) is 0.819. The van der Waals surface area contributed by atoms with Crippen LogP contribution in [0.4, 0.5) is 0 Å². The summed E-state index contributed by atoms with van der Waals surface area (Å²) in [5, 5.41) is 27.7. The fraction of sp³-hybridized carbons (Fsp3) is 0.250. The largest absolute Gasteiger partial charge is 0.505 e. The number of aromatic nitrogens is 3. The molecule has 12 nitrogen and oxygen atoms in total. The van der Waals surface area contributed by atoms with Gasteiger partial charge >= 0.3 is 0 Å². The van der Waals surface area contributed by atoms with Crippen molar-refractivity contribution in [2.45, 2.75) is 0 Å². The van der Waals surface area contributed by atoms with Crippen LogP contribution in [0, 0.1) is 0 Å². The van der Waals surface area contributed by atoms with Crippen LogP contribution < -0.4 is 0 Å². The number of amides is 3. The number of nitrogens with zero attached hydrogens (tertiary/aromatic N) is 6. The molecule has 0 unspecified atom stereocenters. The van der Waals surface area contributed by atoms with Gasteiger partial charge in [0.25, 0.3) is 17.7 Å². The molecule has 3 heterocycles. The second-order valence-electron chi connectivity index (χ2n) is 7.78. The average Bonchev–Trinajstić information content (AvgIpc) is 2.84. The monoisotopic (exact) mass is 554 g/mol. The van der Waals surface area contributed by atoms with E-state index in [9.17, 15) is 29.7 Å². The van der Waals surface area contributed by atoms with Crippen LogP contribution in [0.2, 0.25) is 0 Å². The first-order valence-electron chi connectivity index (χ1n) is 10.4. The number of carbonyl (C=O) groups is 3. The maximum Gasteiger partial charge on any atom is 0.257 e. The molecule has 0 saturated carbocycles. The predicted octanol–water partition coefficient (Wildman–Crippen LogP) is 1.46. The first-order chi connectivity index (χ1) is 16.9. The van der Waals surface area contributed by atoms with E-state index in [2.05, 4.69) is 15.0 Å². The molecule has 0 aliphatic heterocycles. The Morgan fingerprint density at radius 3 is 0.919 bits per heavy atom. The molecule has 37 heavy (non-hydrogen) atoms. The Morgan fingerprint density at radius 2 is 0.757 bits per heavy atom. The molecule has 0 aliphatic carbocycles. The molecule has 3 N–H and O–H groups in total. The van der Waals surface area contributed by atoms with Crippen molar-refractivity contribution < 1.29 is 46.8 Å². The summed E-state index contributed by atoms with van der Waals surface area (Å²) in [5.74, 6) is -0.941. The molecule has 0 atom stereocenters. The smallest absolute Gasteiger partial charge is 0.257 e. The summed E-state index contributed by atoms with van der Waals surface area (Å²) in [4.78, 5) is 49.1. The van der Waals surface area contributed by atoms with Crippen LogP contribution in [-0.4, -0.2) is 105 Å². The van der Waals surface area contributed by atoms with Gasteiger partial charge in [-0.1, -0.05) is 0 Å². The molecular formula is C24H30FeN6O6. The summed E-state index contributed by atoms with van der Waals surface area (Å²) in [6, 6.07) is 4.45. The second-order valence-corrected chi connectivity index (χ2v) is 7.78. The third-order valence-corrected chi connectivity index (χ3v) is 4.31. The zero-order chi connectivity index (χ0) is 27.4. The van der Waals surface area contributed by atoms with E-state index in [4.69, 9.17) is 0 Å². The van der Waals surface area contributed by atoms with Gasteiger partial charge in [-0.15, -0.1) is 0 Å². The summed E-state index contributed by atoms with van der Waals surface area (Å²) in [6.07, 6.45) is 8.15. The van der Waals surface area contributed by atoms with Gasteiger partial charge < -0.3 is 30.0 Å². The van der Waals surface area contributed by atoms with E-state index >= 15 is 0 Å². The summed E-state index contributed by atoms with van der Waals surface area (Å²) < 4.78 is 0. The number of carbonyl (C=O) groups excluding carboxylic acids is 3. The van der Waals surface area contributed by atoms with Gasteiger partial charge in [0.15, 0.2) is 0 Å². The molecule has 0 aliphatic rings. The average molecular weight is 554 g/mol. The van der Waals surface area contributed by atoms with Gasteiger partial charge in [-0.05, 0) is 18.2 Å². The number of hydrogen-bond acceptors (Lipinski definition) is 9. The van der Waals surface area contributed by atoms with E-state index < -0.39 is 0 Å². The van der Waals surface area contributed by atoms with Gasteiger partial charge in [-0.25, -0.2) is 0 Å². The Labute approximate surface area is 225 Å². The number of aromatic hydroxyl groups is 3. The van der Waals surface area contributed by atoms with Crippen molar-refractivity contribution in [2.24, 2.45) is 0 Å². The van der Waals surface area contributed by atoms with Gasteiger partial charge in [-0.3, -0.25) is 29.3 Å². The summed E-state index contributed by atoms with van der Waals surface area (Å²) in [6.45, 7) is 0. The second kappa shape index (κ2) is 15.7. The van der Waals surface area contributed by atoms with Crippen molar-refractivity contribution in [1.29, 1.82) is 0 Å². The number of hydrogen-bond donors (Lipinski definition) is 3. The Morgan fingerprint density at radius 1 is 0.541 bits per heavy atom. The Bertz CT molecular complexity index is 1040. The topological polar surface area (TPSA) is 160 Å². The third kappa shape index (κ3) is 10.1. The Balaban J connectivity index is 0.000000518. The first kappa shape index (κ1) is 32.8. The van der Waals surface area contributed by atoms with E-state index in [1.807, 2.05) is 0 Å². The molecule has 200 valence electrons. The molecule has 3 aromatic heterocycles. The van der Waals surface area contributed by atoms with Crippen LogP contribution in [0.1, 0.15) is 31.1 Å². The molecule has 3 amide bonds. The molecule has 0 bridgehead atoms. The van der Waals surface area contributed by atoms with E-state index in [-0.39, 0.29) is 68.7 Å².